The molecule has 1 aliphatic rings. The fourth-order valence-corrected chi connectivity index (χ4v) is 3.01. The molecule has 1 aliphatic carbocycles. The quantitative estimate of drug-likeness (QED) is 0.886. The monoisotopic (exact) mass is 257 g/mol. The van der Waals surface area contributed by atoms with Gasteiger partial charge in [-0.3, -0.25) is 0 Å². The van der Waals surface area contributed by atoms with Crippen molar-refractivity contribution in [3.8, 4) is 0 Å². The van der Waals surface area contributed by atoms with E-state index < -0.39 is 5.60 Å². The van der Waals surface area contributed by atoms with Gasteiger partial charge in [-0.05, 0) is 50.1 Å². The molecule has 0 spiro atoms. The van der Waals surface area contributed by atoms with E-state index in [1.165, 1.54) is 35.9 Å². The second kappa shape index (κ2) is 4.68. The number of fused-ring (bicyclic) bond motifs is 1. The Morgan fingerprint density at radius 2 is 2.00 bits per heavy atom. The van der Waals surface area contributed by atoms with Crippen molar-refractivity contribution >= 4 is 10.9 Å². The van der Waals surface area contributed by atoms with Crippen LogP contribution in [0.15, 0.2) is 30.3 Å². The molecule has 1 heterocycles. The summed E-state index contributed by atoms with van der Waals surface area (Å²) >= 11 is 0. The van der Waals surface area contributed by atoms with Crippen molar-refractivity contribution in [2.24, 2.45) is 5.92 Å². The van der Waals surface area contributed by atoms with Gasteiger partial charge in [0.05, 0.1) is 5.60 Å². The first-order valence-electron chi connectivity index (χ1n) is 7.32. The first-order valence-corrected chi connectivity index (χ1v) is 7.32. The van der Waals surface area contributed by atoms with Crippen LogP contribution in [0, 0.1) is 5.92 Å². The Morgan fingerprint density at radius 1 is 1.26 bits per heavy atom. The molecule has 1 fully saturated rings. The molecule has 0 saturated heterocycles. The van der Waals surface area contributed by atoms with Gasteiger partial charge in [-0.1, -0.05) is 24.6 Å². The van der Waals surface area contributed by atoms with Gasteiger partial charge in [-0.2, -0.15) is 0 Å². The molecule has 0 bridgehead atoms. The standard InChI is InChI=1S/C17H23NO/c1-17(2,19)11-15-10-14-8-3-4-9-16(14)18(15)12-13-6-5-7-13/h3-4,8-10,13,19H,5-7,11-12H2,1-2H3. The van der Waals surface area contributed by atoms with E-state index in [9.17, 15) is 5.11 Å². The summed E-state index contributed by atoms with van der Waals surface area (Å²) < 4.78 is 2.43. The minimum absolute atomic E-state index is 0.647. The first-order chi connectivity index (χ1) is 9.03. The van der Waals surface area contributed by atoms with Gasteiger partial charge >= 0.3 is 0 Å². The van der Waals surface area contributed by atoms with E-state index in [-0.39, 0.29) is 0 Å². The maximum Gasteiger partial charge on any atom is 0.0646 e. The third-order valence-corrected chi connectivity index (χ3v) is 4.18. The second-order valence-corrected chi connectivity index (χ2v) is 6.59. The van der Waals surface area contributed by atoms with Gasteiger partial charge < -0.3 is 9.67 Å². The lowest BCUT2D eigenvalue weighted by molar-refractivity contribution is 0.0786. The summed E-state index contributed by atoms with van der Waals surface area (Å²) in [4.78, 5) is 0. The van der Waals surface area contributed by atoms with Gasteiger partial charge in [0, 0.05) is 24.2 Å². The third kappa shape index (κ3) is 2.69. The van der Waals surface area contributed by atoms with Crippen LogP contribution in [0.5, 0.6) is 0 Å². The number of benzene rings is 1. The summed E-state index contributed by atoms with van der Waals surface area (Å²) in [6.07, 6.45) is 4.81. The van der Waals surface area contributed by atoms with Gasteiger partial charge in [0.25, 0.3) is 0 Å². The van der Waals surface area contributed by atoms with Crippen LogP contribution in [0.3, 0.4) is 0 Å². The molecular weight excluding hydrogens is 234 g/mol. The Bertz CT molecular complexity index is 572. The predicted molar refractivity (Wildman–Crippen MR) is 79.3 cm³/mol. The summed E-state index contributed by atoms with van der Waals surface area (Å²) in [6.45, 7) is 4.88. The average Bonchev–Trinajstić information content (AvgIpc) is 2.58. The molecule has 102 valence electrons. The van der Waals surface area contributed by atoms with Crippen molar-refractivity contribution in [2.45, 2.75) is 51.7 Å². The van der Waals surface area contributed by atoms with E-state index in [2.05, 4.69) is 34.9 Å². The topological polar surface area (TPSA) is 25.2 Å². The Morgan fingerprint density at radius 3 is 2.63 bits per heavy atom. The van der Waals surface area contributed by atoms with Gasteiger partial charge in [0.1, 0.15) is 0 Å². The highest BCUT2D eigenvalue weighted by Crippen LogP contribution is 2.31. The second-order valence-electron chi connectivity index (χ2n) is 6.59. The molecule has 1 aromatic carbocycles. The van der Waals surface area contributed by atoms with Crippen LogP contribution in [0.4, 0.5) is 0 Å². The van der Waals surface area contributed by atoms with E-state index in [0.717, 1.165) is 12.5 Å². The van der Waals surface area contributed by atoms with E-state index in [1.807, 2.05) is 13.8 Å². The molecule has 0 unspecified atom stereocenters. The van der Waals surface area contributed by atoms with Crippen LogP contribution in [-0.2, 0) is 13.0 Å². The van der Waals surface area contributed by atoms with Gasteiger partial charge in [-0.25, -0.2) is 0 Å². The van der Waals surface area contributed by atoms with Crippen LogP contribution in [-0.4, -0.2) is 15.3 Å². The van der Waals surface area contributed by atoms with Crippen molar-refractivity contribution < 1.29 is 5.11 Å². The number of rotatable bonds is 4. The highest BCUT2D eigenvalue weighted by molar-refractivity contribution is 5.81. The Kier molecular flexibility index (Phi) is 3.14. The molecule has 0 radical (unpaired) electrons. The number of aromatic nitrogens is 1. The number of para-hydroxylation sites is 1. The molecule has 3 rings (SSSR count). The smallest absolute Gasteiger partial charge is 0.0646 e. The Labute approximate surface area is 115 Å². The molecule has 0 aliphatic heterocycles. The maximum absolute atomic E-state index is 10.1. The average molecular weight is 257 g/mol. The number of nitrogens with zero attached hydrogens (tertiary/aromatic N) is 1. The van der Waals surface area contributed by atoms with Crippen LogP contribution >= 0.6 is 0 Å². The Balaban J connectivity index is 2.00. The van der Waals surface area contributed by atoms with Gasteiger partial charge in [-0.15, -0.1) is 0 Å². The van der Waals surface area contributed by atoms with Gasteiger partial charge in [0.15, 0.2) is 0 Å². The van der Waals surface area contributed by atoms with E-state index >= 15 is 0 Å². The molecule has 2 nitrogen and oxygen atoms in total. The highest BCUT2D eigenvalue weighted by Gasteiger charge is 2.22. The van der Waals surface area contributed by atoms with Gasteiger partial charge in [0.2, 0.25) is 0 Å². The normalized spacial score (nSPS) is 16.8. The van der Waals surface area contributed by atoms with Crippen LogP contribution in [0.1, 0.15) is 38.8 Å². The lowest BCUT2D eigenvalue weighted by Gasteiger charge is -2.28. The van der Waals surface area contributed by atoms with Crippen LogP contribution in [0.25, 0.3) is 10.9 Å². The molecule has 0 atom stereocenters. The van der Waals surface area contributed by atoms with Crippen LogP contribution in [0.2, 0.25) is 0 Å². The fourth-order valence-electron chi connectivity index (χ4n) is 3.01. The van der Waals surface area contributed by atoms with Crippen molar-refractivity contribution in [3.63, 3.8) is 0 Å². The summed E-state index contributed by atoms with van der Waals surface area (Å²) in [7, 11) is 0. The highest BCUT2D eigenvalue weighted by atomic mass is 16.3. The largest absolute Gasteiger partial charge is 0.390 e. The molecular formula is C17H23NO. The Hall–Kier alpha value is -1.28. The van der Waals surface area contributed by atoms with Crippen molar-refractivity contribution in [2.75, 3.05) is 0 Å². The molecule has 0 amide bonds. The van der Waals surface area contributed by atoms with E-state index in [0.29, 0.717) is 6.42 Å². The molecule has 19 heavy (non-hydrogen) atoms. The van der Waals surface area contributed by atoms with E-state index in [1.54, 1.807) is 0 Å². The predicted octanol–water partition coefficient (Wildman–Crippen LogP) is 3.75. The maximum atomic E-state index is 10.1. The van der Waals surface area contributed by atoms with Crippen LogP contribution < -0.4 is 0 Å². The summed E-state index contributed by atoms with van der Waals surface area (Å²) in [5.41, 5.74) is 1.93. The first kappa shape index (κ1) is 12.7. The number of hydrogen-bond acceptors (Lipinski definition) is 1. The zero-order valence-corrected chi connectivity index (χ0v) is 11.9. The lowest BCUT2D eigenvalue weighted by atomic mass is 9.85. The minimum atomic E-state index is -0.647. The number of aliphatic hydroxyl groups is 1. The summed E-state index contributed by atoms with van der Waals surface area (Å²) in [5, 5.41) is 11.4. The molecule has 2 heteroatoms. The van der Waals surface area contributed by atoms with Crippen molar-refractivity contribution in [1.82, 2.24) is 4.57 Å². The lowest BCUT2D eigenvalue weighted by Crippen LogP contribution is -2.25. The molecule has 1 N–H and O–H groups in total. The van der Waals surface area contributed by atoms with E-state index in [4.69, 9.17) is 0 Å². The SMILES string of the molecule is CC(C)(O)Cc1cc2ccccc2n1CC1CCC1. The molecule has 2 aromatic rings. The molecule has 1 aromatic heterocycles. The molecule has 1 saturated carbocycles. The minimum Gasteiger partial charge on any atom is -0.390 e. The van der Waals surface area contributed by atoms with Crippen molar-refractivity contribution in [1.29, 1.82) is 0 Å². The third-order valence-electron chi connectivity index (χ3n) is 4.18. The summed E-state index contributed by atoms with van der Waals surface area (Å²) in [6, 6.07) is 10.8. The fraction of sp³-hybridized carbons (Fsp3) is 0.529. The summed E-state index contributed by atoms with van der Waals surface area (Å²) in [5.74, 6) is 0.830. The van der Waals surface area contributed by atoms with Crippen molar-refractivity contribution in [3.05, 3.63) is 36.0 Å². The zero-order chi connectivity index (χ0) is 13.5. The zero-order valence-electron chi connectivity index (χ0n) is 11.9. The number of hydrogen-bond donors (Lipinski definition) is 1.